The lowest BCUT2D eigenvalue weighted by atomic mass is 10.0. The highest BCUT2D eigenvalue weighted by molar-refractivity contribution is 6.31. The molecule has 0 bridgehead atoms. The molecule has 0 radical (unpaired) electrons. The molecule has 1 aliphatic heterocycles. The number of hydrogen-bond acceptors (Lipinski definition) is 6. The molecule has 44 heavy (non-hydrogen) atoms. The van der Waals surface area contributed by atoms with Crippen LogP contribution >= 0.6 is 11.6 Å². The van der Waals surface area contributed by atoms with Crippen molar-refractivity contribution in [2.24, 2.45) is 7.05 Å². The van der Waals surface area contributed by atoms with E-state index in [-0.39, 0.29) is 25.1 Å². The van der Waals surface area contributed by atoms with Gasteiger partial charge in [-0.2, -0.15) is 10.2 Å². The fourth-order valence-corrected chi connectivity index (χ4v) is 5.57. The number of carbonyl (C=O) groups is 2. The summed E-state index contributed by atoms with van der Waals surface area (Å²) >= 11 is 6.28. The SMILES string of the molecule is Cn1cc2cc(NC(=O)C(Cc3ccccc3)N3CC(O)N(c4cc(Cl)ccc4-n4cc(C(F)F)cn4)CC3=O)ccc2n1. The molecule has 2 amide bonds. The molecule has 2 N–H and O–H groups in total. The van der Waals surface area contributed by atoms with Gasteiger partial charge in [0.05, 0.1) is 41.7 Å². The summed E-state index contributed by atoms with van der Waals surface area (Å²) in [4.78, 5) is 30.3. The van der Waals surface area contributed by atoms with E-state index in [2.05, 4.69) is 15.5 Å². The third-order valence-corrected chi connectivity index (χ3v) is 7.77. The Hall–Kier alpha value is -4.81. The van der Waals surface area contributed by atoms with Gasteiger partial charge >= 0.3 is 0 Å². The standard InChI is InChI=1S/C31H28ClF2N7O3/c1-38-15-20-12-23(8-9-24(20)37-38)36-31(44)27(11-19-5-3-2-4-6-19)40-18-28(42)39(17-29(40)43)26-13-22(32)7-10-25(26)41-16-21(14-35-41)30(33)34/h2-10,12-16,27-28,30,42H,11,17-18H2,1H3,(H,36,44). The molecule has 0 saturated carbocycles. The predicted octanol–water partition coefficient (Wildman–Crippen LogP) is 4.57. The zero-order valence-corrected chi connectivity index (χ0v) is 24.3. The lowest BCUT2D eigenvalue weighted by molar-refractivity contribution is -0.142. The van der Waals surface area contributed by atoms with Crippen LogP contribution < -0.4 is 10.2 Å². The Bertz CT molecular complexity index is 1830. The normalized spacial score (nSPS) is 16.1. The van der Waals surface area contributed by atoms with E-state index in [4.69, 9.17) is 11.6 Å². The average Bonchev–Trinajstić information content (AvgIpc) is 3.64. The summed E-state index contributed by atoms with van der Waals surface area (Å²) in [6, 6.07) is 18.4. The molecule has 10 nitrogen and oxygen atoms in total. The Morgan fingerprint density at radius 1 is 1.09 bits per heavy atom. The number of anilines is 2. The number of aryl methyl sites for hydroxylation is 1. The van der Waals surface area contributed by atoms with Crippen LogP contribution in [0.25, 0.3) is 16.6 Å². The number of fused-ring (bicyclic) bond motifs is 1. The molecule has 226 valence electrons. The highest BCUT2D eigenvalue weighted by atomic mass is 35.5. The first-order valence-corrected chi connectivity index (χ1v) is 14.2. The van der Waals surface area contributed by atoms with Crippen LogP contribution in [0, 0.1) is 0 Å². The quantitative estimate of drug-likeness (QED) is 0.264. The molecule has 1 saturated heterocycles. The van der Waals surface area contributed by atoms with Crippen molar-refractivity contribution in [1.82, 2.24) is 24.5 Å². The smallest absolute Gasteiger partial charge is 0.266 e. The summed E-state index contributed by atoms with van der Waals surface area (Å²) in [5.74, 6) is -0.820. The van der Waals surface area contributed by atoms with Gasteiger partial charge in [0.1, 0.15) is 12.3 Å². The Morgan fingerprint density at radius 3 is 2.64 bits per heavy atom. The minimum Gasteiger partial charge on any atom is -0.372 e. The van der Waals surface area contributed by atoms with E-state index in [0.717, 1.165) is 22.7 Å². The maximum absolute atomic E-state index is 13.8. The molecule has 6 rings (SSSR count). The van der Waals surface area contributed by atoms with Gasteiger partial charge in [0.25, 0.3) is 6.43 Å². The number of carbonyl (C=O) groups excluding carboxylic acids is 2. The summed E-state index contributed by atoms with van der Waals surface area (Å²) in [7, 11) is 1.81. The number of aliphatic hydroxyl groups excluding tert-OH is 1. The number of rotatable bonds is 8. The number of hydrogen-bond donors (Lipinski definition) is 2. The van der Waals surface area contributed by atoms with Crippen molar-refractivity contribution in [2.45, 2.75) is 25.1 Å². The Balaban J connectivity index is 1.28. The number of aliphatic hydroxyl groups is 1. The fourth-order valence-electron chi connectivity index (χ4n) is 5.40. The largest absolute Gasteiger partial charge is 0.372 e. The molecule has 13 heteroatoms. The zero-order chi connectivity index (χ0) is 31.0. The molecule has 1 aliphatic rings. The first-order valence-electron chi connectivity index (χ1n) is 13.8. The van der Waals surface area contributed by atoms with Crippen LogP contribution in [-0.4, -0.2) is 66.7 Å². The van der Waals surface area contributed by atoms with Crippen molar-refractivity contribution in [1.29, 1.82) is 0 Å². The third kappa shape index (κ3) is 5.99. The molecule has 0 spiro atoms. The van der Waals surface area contributed by atoms with Crippen LogP contribution in [0.3, 0.4) is 0 Å². The number of aromatic nitrogens is 4. The van der Waals surface area contributed by atoms with Crippen LogP contribution in [0.4, 0.5) is 20.2 Å². The lowest BCUT2D eigenvalue weighted by Gasteiger charge is -2.43. The topological polar surface area (TPSA) is 109 Å². The van der Waals surface area contributed by atoms with Crippen molar-refractivity contribution in [3.05, 3.63) is 101 Å². The highest BCUT2D eigenvalue weighted by Crippen LogP contribution is 2.32. The average molecular weight is 620 g/mol. The van der Waals surface area contributed by atoms with Gasteiger partial charge in [-0.3, -0.25) is 14.3 Å². The van der Waals surface area contributed by atoms with E-state index < -0.39 is 30.5 Å². The zero-order valence-electron chi connectivity index (χ0n) is 23.5. The molecule has 2 unspecified atom stereocenters. The van der Waals surface area contributed by atoms with Crippen molar-refractivity contribution < 1.29 is 23.5 Å². The Labute approximate surface area is 256 Å². The summed E-state index contributed by atoms with van der Waals surface area (Å²) in [5, 5.41) is 23.9. The van der Waals surface area contributed by atoms with Crippen LogP contribution in [-0.2, 0) is 23.1 Å². The first kappa shape index (κ1) is 29.3. The van der Waals surface area contributed by atoms with Gasteiger partial charge < -0.3 is 20.2 Å². The number of nitrogens with zero attached hydrogens (tertiary/aromatic N) is 6. The van der Waals surface area contributed by atoms with Crippen molar-refractivity contribution in [3.63, 3.8) is 0 Å². The van der Waals surface area contributed by atoms with Gasteiger partial charge in [-0.1, -0.05) is 41.9 Å². The van der Waals surface area contributed by atoms with E-state index in [0.29, 0.717) is 22.1 Å². The first-order chi connectivity index (χ1) is 21.2. The van der Waals surface area contributed by atoms with Gasteiger partial charge in [0.15, 0.2) is 0 Å². The van der Waals surface area contributed by atoms with E-state index in [1.54, 1.807) is 28.9 Å². The van der Waals surface area contributed by atoms with Gasteiger partial charge in [0.2, 0.25) is 11.8 Å². The third-order valence-electron chi connectivity index (χ3n) is 7.53. The van der Waals surface area contributed by atoms with Gasteiger partial charge in [-0.25, -0.2) is 13.5 Å². The number of nitrogens with one attached hydrogen (secondary N) is 1. The van der Waals surface area contributed by atoms with Gasteiger partial charge in [0, 0.05) is 42.0 Å². The summed E-state index contributed by atoms with van der Waals surface area (Å²) < 4.78 is 29.5. The molecule has 3 heterocycles. The number of amides is 2. The number of β-amino-alcohol motifs (C(OH)–C–C–N with tert-alkyl or cyclic N) is 1. The molecule has 1 fully saturated rings. The maximum Gasteiger partial charge on any atom is 0.266 e. The second kappa shape index (κ2) is 12.1. The number of alkyl halides is 2. The van der Waals surface area contributed by atoms with E-state index in [1.165, 1.54) is 26.7 Å². The minimum atomic E-state index is -2.71. The lowest BCUT2D eigenvalue weighted by Crippen LogP contribution is -2.61. The molecular formula is C31H28ClF2N7O3. The van der Waals surface area contributed by atoms with Crippen molar-refractivity contribution >= 4 is 45.7 Å². The van der Waals surface area contributed by atoms with E-state index in [9.17, 15) is 23.5 Å². The maximum atomic E-state index is 13.8. The monoisotopic (exact) mass is 619 g/mol. The molecular weight excluding hydrogens is 592 g/mol. The van der Waals surface area contributed by atoms with E-state index in [1.807, 2.05) is 49.6 Å². The number of halogens is 3. The van der Waals surface area contributed by atoms with Crippen molar-refractivity contribution in [2.75, 3.05) is 23.3 Å². The van der Waals surface area contributed by atoms with Crippen LogP contribution in [0.2, 0.25) is 5.02 Å². The predicted molar refractivity (Wildman–Crippen MR) is 162 cm³/mol. The van der Waals surface area contributed by atoms with Gasteiger partial charge in [-0.15, -0.1) is 0 Å². The fraction of sp³-hybridized carbons (Fsp3) is 0.226. The second-order valence-electron chi connectivity index (χ2n) is 10.6. The Kier molecular flexibility index (Phi) is 8.02. The van der Waals surface area contributed by atoms with Crippen LogP contribution in [0.15, 0.2) is 85.3 Å². The number of benzene rings is 3. The molecule has 3 aromatic carbocycles. The van der Waals surface area contributed by atoms with Crippen LogP contribution in [0.5, 0.6) is 0 Å². The summed E-state index contributed by atoms with van der Waals surface area (Å²) in [6.45, 7) is -0.490. The Morgan fingerprint density at radius 2 is 1.89 bits per heavy atom. The molecule has 5 aromatic rings. The van der Waals surface area contributed by atoms with Crippen molar-refractivity contribution in [3.8, 4) is 5.69 Å². The second-order valence-corrected chi connectivity index (χ2v) is 11.0. The number of piperazine rings is 1. The summed E-state index contributed by atoms with van der Waals surface area (Å²) in [6.07, 6.45) is 0.341. The molecule has 2 aromatic heterocycles. The molecule has 0 aliphatic carbocycles. The molecule has 2 atom stereocenters. The van der Waals surface area contributed by atoms with Crippen LogP contribution in [0.1, 0.15) is 17.6 Å². The minimum absolute atomic E-state index is 0.196. The highest BCUT2D eigenvalue weighted by Gasteiger charge is 2.39. The van der Waals surface area contributed by atoms with Gasteiger partial charge in [-0.05, 0) is 42.0 Å². The summed E-state index contributed by atoms with van der Waals surface area (Å²) in [5.41, 5.74) is 2.57. The van der Waals surface area contributed by atoms with E-state index >= 15 is 0 Å².